The van der Waals surface area contributed by atoms with Gasteiger partial charge in [0.05, 0.1) is 0 Å². The molecule has 0 spiro atoms. The summed E-state index contributed by atoms with van der Waals surface area (Å²) in [4.78, 5) is 19.3. The molecule has 1 aromatic carbocycles. The Hall–Kier alpha value is -2.56. The van der Waals surface area contributed by atoms with Gasteiger partial charge in [0.2, 0.25) is 0 Å². The number of carbonyl (C=O) groups is 1. The Morgan fingerprint density at radius 2 is 1.93 bits per heavy atom. The molecule has 0 saturated carbocycles. The van der Waals surface area contributed by atoms with Crippen LogP contribution >= 0.6 is 0 Å². The van der Waals surface area contributed by atoms with Crippen LogP contribution in [0.15, 0.2) is 42.6 Å². The highest BCUT2D eigenvalue weighted by Crippen LogP contribution is 2.24. The van der Waals surface area contributed by atoms with Gasteiger partial charge in [0, 0.05) is 42.3 Å². The van der Waals surface area contributed by atoms with E-state index in [2.05, 4.69) is 53.4 Å². The maximum absolute atomic E-state index is 12.6. The molecule has 2 N–H and O–H groups in total. The lowest BCUT2D eigenvalue weighted by atomic mass is 9.99. The van der Waals surface area contributed by atoms with E-state index in [1.54, 1.807) is 18.3 Å². The lowest BCUT2D eigenvalue weighted by Gasteiger charge is -2.32. The third-order valence-corrected chi connectivity index (χ3v) is 5.30. The maximum atomic E-state index is 12.6. The van der Waals surface area contributed by atoms with E-state index in [1.165, 1.54) is 18.5 Å². The minimum Gasteiger partial charge on any atom is -0.372 e. The van der Waals surface area contributed by atoms with Crippen LogP contribution in [0.4, 0.5) is 17.2 Å². The third-order valence-electron chi connectivity index (χ3n) is 5.30. The molecule has 5 heteroatoms. The van der Waals surface area contributed by atoms with Gasteiger partial charge in [0.1, 0.15) is 5.82 Å². The van der Waals surface area contributed by atoms with Gasteiger partial charge in [-0.1, -0.05) is 13.8 Å². The summed E-state index contributed by atoms with van der Waals surface area (Å²) in [5, 5.41) is 6.28. The molecule has 1 aliphatic rings. The van der Waals surface area contributed by atoms with Crippen molar-refractivity contribution in [3.05, 3.63) is 48.2 Å². The number of aromatic nitrogens is 1. The summed E-state index contributed by atoms with van der Waals surface area (Å²) in [6, 6.07) is 12.0. The smallest absolute Gasteiger partial charge is 0.255 e. The fourth-order valence-corrected chi connectivity index (χ4v) is 3.23. The number of hydrogen-bond donors (Lipinski definition) is 2. The minimum atomic E-state index is -0.121. The molecule has 0 aliphatic carbocycles. The standard InChI is InChI=1S/C22H30N4O/c1-4-17(3)24-21-15-18(9-12-23-21)22(27)25-19-5-7-20(8-6-19)26-13-10-16(2)11-14-26/h5-9,12,15-17H,4,10-11,13-14H2,1-3H3,(H,23,24)(H,25,27). The number of piperidine rings is 1. The number of anilines is 3. The Morgan fingerprint density at radius 3 is 2.59 bits per heavy atom. The van der Waals surface area contributed by atoms with Crippen molar-refractivity contribution in [2.75, 3.05) is 28.6 Å². The molecule has 2 aromatic rings. The van der Waals surface area contributed by atoms with Crippen LogP contribution in [0.1, 0.15) is 50.4 Å². The monoisotopic (exact) mass is 366 g/mol. The lowest BCUT2D eigenvalue weighted by Crippen LogP contribution is -2.32. The van der Waals surface area contributed by atoms with Gasteiger partial charge in [-0.15, -0.1) is 0 Å². The fourth-order valence-electron chi connectivity index (χ4n) is 3.23. The van der Waals surface area contributed by atoms with Crippen molar-refractivity contribution in [2.24, 2.45) is 5.92 Å². The van der Waals surface area contributed by atoms with E-state index in [4.69, 9.17) is 0 Å². The molecular formula is C22H30N4O. The quantitative estimate of drug-likeness (QED) is 0.772. The molecule has 144 valence electrons. The lowest BCUT2D eigenvalue weighted by molar-refractivity contribution is 0.102. The number of rotatable bonds is 6. The van der Waals surface area contributed by atoms with E-state index in [0.717, 1.165) is 36.9 Å². The van der Waals surface area contributed by atoms with Gasteiger partial charge in [-0.2, -0.15) is 0 Å². The van der Waals surface area contributed by atoms with Crippen LogP contribution in [0.3, 0.4) is 0 Å². The highest BCUT2D eigenvalue weighted by atomic mass is 16.1. The van der Waals surface area contributed by atoms with E-state index in [9.17, 15) is 4.79 Å². The summed E-state index contributed by atoms with van der Waals surface area (Å²) in [6.07, 6.45) is 5.15. The zero-order valence-electron chi connectivity index (χ0n) is 16.5. The van der Waals surface area contributed by atoms with E-state index in [1.807, 2.05) is 12.1 Å². The van der Waals surface area contributed by atoms with Crippen molar-refractivity contribution in [2.45, 2.75) is 46.1 Å². The van der Waals surface area contributed by atoms with Gasteiger partial charge < -0.3 is 15.5 Å². The van der Waals surface area contributed by atoms with Crippen LogP contribution < -0.4 is 15.5 Å². The van der Waals surface area contributed by atoms with Crippen molar-refractivity contribution < 1.29 is 4.79 Å². The molecule has 1 saturated heterocycles. The predicted molar refractivity (Wildman–Crippen MR) is 113 cm³/mol. The summed E-state index contributed by atoms with van der Waals surface area (Å²) in [5.41, 5.74) is 2.64. The molecule has 1 fully saturated rings. The van der Waals surface area contributed by atoms with Crippen molar-refractivity contribution >= 4 is 23.1 Å². The zero-order valence-corrected chi connectivity index (χ0v) is 16.5. The van der Waals surface area contributed by atoms with Crippen LogP contribution in [0, 0.1) is 5.92 Å². The highest BCUT2D eigenvalue weighted by molar-refractivity contribution is 6.04. The van der Waals surface area contributed by atoms with Crippen LogP contribution in [-0.4, -0.2) is 30.0 Å². The summed E-state index contributed by atoms with van der Waals surface area (Å²) < 4.78 is 0. The van der Waals surface area contributed by atoms with E-state index in [-0.39, 0.29) is 5.91 Å². The van der Waals surface area contributed by atoms with Crippen molar-refractivity contribution in [3.8, 4) is 0 Å². The average molecular weight is 367 g/mol. The fraction of sp³-hybridized carbons (Fsp3) is 0.455. The Labute approximate surface area is 162 Å². The van der Waals surface area contributed by atoms with Gasteiger partial charge >= 0.3 is 0 Å². The molecule has 0 bridgehead atoms. The van der Waals surface area contributed by atoms with Gasteiger partial charge in [-0.3, -0.25) is 4.79 Å². The van der Waals surface area contributed by atoms with Crippen LogP contribution in [0.25, 0.3) is 0 Å². The summed E-state index contributed by atoms with van der Waals surface area (Å²) in [7, 11) is 0. The zero-order chi connectivity index (χ0) is 19.2. The molecule has 3 rings (SSSR count). The van der Waals surface area contributed by atoms with Gasteiger partial charge in [-0.25, -0.2) is 4.98 Å². The Balaban J connectivity index is 1.61. The predicted octanol–water partition coefficient (Wildman–Crippen LogP) is 4.78. The van der Waals surface area contributed by atoms with Gasteiger partial charge in [0.15, 0.2) is 0 Å². The second-order valence-electron chi connectivity index (χ2n) is 7.55. The van der Waals surface area contributed by atoms with E-state index >= 15 is 0 Å². The molecule has 0 radical (unpaired) electrons. The van der Waals surface area contributed by atoms with E-state index in [0.29, 0.717) is 11.6 Å². The van der Waals surface area contributed by atoms with Gasteiger partial charge in [0.25, 0.3) is 5.91 Å². The molecule has 1 aromatic heterocycles. The number of amides is 1. The van der Waals surface area contributed by atoms with Gasteiger partial charge in [-0.05, 0) is 68.5 Å². The molecule has 1 atom stereocenters. The second kappa shape index (κ2) is 8.89. The Bertz CT molecular complexity index is 751. The topological polar surface area (TPSA) is 57.3 Å². The SMILES string of the molecule is CCC(C)Nc1cc(C(=O)Nc2ccc(N3CCC(C)CC3)cc2)ccn1. The van der Waals surface area contributed by atoms with Crippen LogP contribution in [0.5, 0.6) is 0 Å². The first kappa shape index (κ1) is 19.2. The van der Waals surface area contributed by atoms with E-state index < -0.39 is 0 Å². The number of carbonyl (C=O) groups excluding carboxylic acids is 1. The molecule has 27 heavy (non-hydrogen) atoms. The third kappa shape index (κ3) is 5.22. The number of nitrogens with zero attached hydrogens (tertiary/aromatic N) is 2. The molecule has 1 amide bonds. The van der Waals surface area contributed by atoms with Crippen molar-refractivity contribution in [3.63, 3.8) is 0 Å². The number of benzene rings is 1. The number of hydrogen-bond acceptors (Lipinski definition) is 4. The number of nitrogens with one attached hydrogen (secondary N) is 2. The molecule has 1 unspecified atom stereocenters. The summed E-state index contributed by atoms with van der Waals surface area (Å²) >= 11 is 0. The Morgan fingerprint density at radius 1 is 1.22 bits per heavy atom. The molecule has 1 aliphatic heterocycles. The highest BCUT2D eigenvalue weighted by Gasteiger charge is 2.16. The molecule has 2 heterocycles. The minimum absolute atomic E-state index is 0.121. The summed E-state index contributed by atoms with van der Waals surface area (Å²) in [6.45, 7) is 8.74. The second-order valence-corrected chi connectivity index (χ2v) is 7.55. The van der Waals surface area contributed by atoms with Crippen molar-refractivity contribution in [1.82, 2.24) is 4.98 Å². The number of pyridine rings is 1. The first-order chi connectivity index (χ1) is 13.0. The molecule has 5 nitrogen and oxygen atoms in total. The van der Waals surface area contributed by atoms with Crippen LogP contribution in [-0.2, 0) is 0 Å². The summed E-state index contributed by atoms with van der Waals surface area (Å²) in [5.74, 6) is 1.43. The largest absolute Gasteiger partial charge is 0.372 e. The first-order valence-corrected chi connectivity index (χ1v) is 9.94. The Kier molecular flexibility index (Phi) is 6.32. The normalized spacial score (nSPS) is 16.0. The average Bonchev–Trinajstić information content (AvgIpc) is 2.69. The maximum Gasteiger partial charge on any atom is 0.255 e. The first-order valence-electron chi connectivity index (χ1n) is 9.94. The van der Waals surface area contributed by atoms with Crippen LogP contribution in [0.2, 0.25) is 0 Å². The van der Waals surface area contributed by atoms with Crippen molar-refractivity contribution in [1.29, 1.82) is 0 Å². The molecular weight excluding hydrogens is 336 g/mol.